The topological polar surface area (TPSA) is 95.6 Å². The van der Waals surface area contributed by atoms with E-state index in [9.17, 15) is 26.7 Å². The molecule has 0 radical (unpaired) electrons. The molecule has 32 heavy (non-hydrogen) atoms. The summed E-state index contributed by atoms with van der Waals surface area (Å²) in [6.07, 6.45) is -0.421. The number of aromatic nitrogens is 4. The Morgan fingerprint density at radius 2 is 1.91 bits per heavy atom. The third kappa shape index (κ3) is 4.94. The van der Waals surface area contributed by atoms with E-state index in [4.69, 9.17) is 0 Å². The van der Waals surface area contributed by atoms with Crippen molar-refractivity contribution in [3.8, 4) is 0 Å². The van der Waals surface area contributed by atoms with E-state index < -0.39 is 24.4 Å². The molecule has 1 aliphatic carbocycles. The number of alkyl halides is 5. The van der Waals surface area contributed by atoms with Crippen LogP contribution in [0.2, 0.25) is 0 Å². The molecule has 1 aliphatic rings. The zero-order valence-electron chi connectivity index (χ0n) is 16.6. The van der Waals surface area contributed by atoms with E-state index >= 15 is 0 Å². The third-order valence-electron chi connectivity index (χ3n) is 5.27. The van der Waals surface area contributed by atoms with Gasteiger partial charge in [-0.15, -0.1) is 0 Å². The molecule has 0 bridgehead atoms. The van der Waals surface area contributed by atoms with Gasteiger partial charge < -0.3 is 15.6 Å². The molecule has 3 heterocycles. The third-order valence-corrected chi connectivity index (χ3v) is 5.27. The number of rotatable bonds is 6. The first-order valence-corrected chi connectivity index (χ1v) is 9.89. The maximum absolute atomic E-state index is 13.3. The molecule has 1 fully saturated rings. The quantitative estimate of drug-likeness (QED) is 0.374. The number of carbonyl (C=O) groups is 1. The van der Waals surface area contributed by atoms with Gasteiger partial charge in [0.25, 0.3) is 0 Å². The molecule has 0 aliphatic heterocycles. The molecule has 3 aromatic heterocycles. The van der Waals surface area contributed by atoms with Gasteiger partial charge in [0, 0.05) is 36.8 Å². The molecular weight excluding hydrogens is 435 g/mol. The molecule has 0 atom stereocenters. The first-order valence-electron chi connectivity index (χ1n) is 9.89. The number of ketones is 1. The second kappa shape index (κ2) is 8.32. The number of hydrogen-bond donors (Lipinski definition) is 3. The summed E-state index contributed by atoms with van der Waals surface area (Å²) < 4.78 is 64.4. The standard InChI is InChI=1S/C20H19F5N6O/c21-19(22)5-3-12(4-6-19)31-14-2-1-11(7-26-14)16(32)13-8-27-17-15(13)18(30-10-29-17)28-9-20(23,24)25/h1-2,7-8,10,12H,3-6,9H2,(H,26,31)(H2,27,28,29,30). The van der Waals surface area contributed by atoms with Gasteiger partial charge in [0.2, 0.25) is 5.92 Å². The summed E-state index contributed by atoms with van der Waals surface area (Å²) in [7, 11) is 0. The first kappa shape index (κ1) is 21.9. The lowest BCUT2D eigenvalue weighted by molar-refractivity contribution is -0.115. The zero-order valence-corrected chi connectivity index (χ0v) is 16.6. The van der Waals surface area contributed by atoms with Crippen LogP contribution < -0.4 is 10.6 Å². The lowest BCUT2D eigenvalue weighted by Crippen LogP contribution is -2.32. The Balaban J connectivity index is 1.51. The normalized spacial score (nSPS) is 16.8. The van der Waals surface area contributed by atoms with Crippen molar-refractivity contribution in [3.63, 3.8) is 0 Å². The number of nitrogens with zero attached hydrogens (tertiary/aromatic N) is 3. The summed E-state index contributed by atoms with van der Waals surface area (Å²) in [6, 6.07) is 2.95. The highest BCUT2D eigenvalue weighted by Gasteiger charge is 2.35. The number of aromatic amines is 1. The zero-order chi connectivity index (χ0) is 22.9. The van der Waals surface area contributed by atoms with Crippen molar-refractivity contribution >= 4 is 28.5 Å². The average Bonchev–Trinajstić information content (AvgIpc) is 3.18. The maximum Gasteiger partial charge on any atom is 0.405 e. The lowest BCUT2D eigenvalue weighted by Gasteiger charge is -2.29. The Morgan fingerprint density at radius 3 is 2.56 bits per heavy atom. The summed E-state index contributed by atoms with van der Waals surface area (Å²) in [5, 5.41) is 5.43. The molecule has 1 saturated carbocycles. The van der Waals surface area contributed by atoms with Crippen LogP contribution in [0.25, 0.3) is 11.0 Å². The number of anilines is 2. The van der Waals surface area contributed by atoms with Crippen molar-refractivity contribution in [2.24, 2.45) is 0 Å². The molecule has 170 valence electrons. The van der Waals surface area contributed by atoms with E-state index in [0.29, 0.717) is 18.7 Å². The molecule has 0 amide bonds. The monoisotopic (exact) mass is 454 g/mol. The van der Waals surface area contributed by atoms with Crippen LogP contribution in [-0.2, 0) is 0 Å². The van der Waals surface area contributed by atoms with E-state index in [2.05, 4.69) is 30.6 Å². The first-order chi connectivity index (χ1) is 15.1. The molecular formula is C20H19F5N6O. The van der Waals surface area contributed by atoms with Crippen LogP contribution in [-0.4, -0.2) is 50.4 Å². The smallest absolute Gasteiger partial charge is 0.367 e. The number of halogens is 5. The maximum atomic E-state index is 13.3. The van der Waals surface area contributed by atoms with Gasteiger partial charge in [-0.25, -0.2) is 23.7 Å². The minimum atomic E-state index is -4.46. The van der Waals surface area contributed by atoms with E-state index in [1.165, 1.54) is 18.5 Å². The summed E-state index contributed by atoms with van der Waals surface area (Å²) in [6.45, 7) is -1.31. The fourth-order valence-electron chi connectivity index (χ4n) is 3.62. The van der Waals surface area contributed by atoms with Crippen LogP contribution in [0.4, 0.5) is 33.6 Å². The Kier molecular flexibility index (Phi) is 5.70. The average molecular weight is 454 g/mol. The van der Waals surface area contributed by atoms with Crippen molar-refractivity contribution in [1.29, 1.82) is 0 Å². The molecule has 3 aromatic rings. The van der Waals surface area contributed by atoms with Crippen LogP contribution in [0, 0.1) is 0 Å². The minimum absolute atomic E-state index is 0.0993. The number of H-pyrrole nitrogens is 1. The van der Waals surface area contributed by atoms with Gasteiger partial charge in [-0.1, -0.05) is 0 Å². The molecule has 0 spiro atoms. The molecule has 4 rings (SSSR count). The Labute approximate surface area is 178 Å². The van der Waals surface area contributed by atoms with Gasteiger partial charge in [-0.05, 0) is 25.0 Å². The molecule has 0 saturated heterocycles. The van der Waals surface area contributed by atoms with Crippen molar-refractivity contribution < 1.29 is 26.7 Å². The predicted octanol–water partition coefficient (Wildman–Crippen LogP) is 4.55. The minimum Gasteiger partial charge on any atom is -0.367 e. The van der Waals surface area contributed by atoms with Crippen molar-refractivity contribution in [2.75, 3.05) is 17.2 Å². The number of hydrogen-bond acceptors (Lipinski definition) is 6. The van der Waals surface area contributed by atoms with Gasteiger partial charge >= 0.3 is 6.18 Å². The largest absolute Gasteiger partial charge is 0.405 e. The number of nitrogens with one attached hydrogen (secondary N) is 3. The van der Waals surface area contributed by atoms with Gasteiger partial charge in [0.1, 0.15) is 30.2 Å². The van der Waals surface area contributed by atoms with Gasteiger partial charge in [-0.3, -0.25) is 4.79 Å². The SMILES string of the molecule is O=C(c1ccc(NC2CCC(F)(F)CC2)nc1)c1c[nH]c2ncnc(NCC(F)(F)F)c12. The highest BCUT2D eigenvalue weighted by atomic mass is 19.4. The van der Waals surface area contributed by atoms with Gasteiger partial charge in [0.05, 0.1) is 10.9 Å². The van der Waals surface area contributed by atoms with Gasteiger partial charge in [-0.2, -0.15) is 13.2 Å². The van der Waals surface area contributed by atoms with Crippen LogP contribution in [0.15, 0.2) is 30.9 Å². The summed E-state index contributed by atoms with van der Waals surface area (Å²) in [5.41, 5.74) is 0.521. The Bertz CT molecular complexity index is 1100. The number of carbonyl (C=O) groups excluding carboxylic acids is 1. The lowest BCUT2D eigenvalue weighted by atomic mass is 9.92. The molecule has 0 unspecified atom stereocenters. The summed E-state index contributed by atoms with van der Waals surface area (Å²) in [4.78, 5) is 27.7. The fraction of sp³-hybridized carbons (Fsp3) is 0.400. The fourth-order valence-corrected chi connectivity index (χ4v) is 3.62. The Morgan fingerprint density at radius 1 is 1.16 bits per heavy atom. The van der Waals surface area contributed by atoms with Crippen LogP contribution >= 0.6 is 0 Å². The second-order valence-electron chi connectivity index (χ2n) is 7.65. The van der Waals surface area contributed by atoms with Crippen LogP contribution in [0.5, 0.6) is 0 Å². The molecule has 12 heteroatoms. The van der Waals surface area contributed by atoms with E-state index in [1.54, 1.807) is 6.07 Å². The van der Waals surface area contributed by atoms with Crippen LogP contribution in [0.3, 0.4) is 0 Å². The van der Waals surface area contributed by atoms with E-state index in [1.807, 2.05) is 0 Å². The Hall–Kier alpha value is -3.31. The van der Waals surface area contributed by atoms with Gasteiger partial charge in [0.15, 0.2) is 5.78 Å². The van der Waals surface area contributed by atoms with E-state index in [-0.39, 0.29) is 46.9 Å². The summed E-state index contributed by atoms with van der Waals surface area (Å²) in [5.74, 6) is -2.76. The van der Waals surface area contributed by atoms with Crippen LogP contribution in [0.1, 0.15) is 41.6 Å². The summed E-state index contributed by atoms with van der Waals surface area (Å²) >= 11 is 0. The number of fused-ring (bicyclic) bond motifs is 1. The number of pyridine rings is 1. The molecule has 0 aromatic carbocycles. The molecule has 7 nitrogen and oxygen atoms in total. The predicted molar refractivity (Wildman–Crippen MR) is 107 cm³/mol. The highest BCUT2D eigenvalue weighted by molar-refractivity contribution is 6.17. The van der Waals surface area contributed by atoms with Crippen molar-refractivity contribution in [3.05, 3.63) is 42.0 Å². The van der Waals surface area contributed by atoms with Crippen molar-refractivity contribution in [1.82, 2.24) is 19.9 Å². The van der Waals surface area contributed by atoms with Crippen molar-refractivity contribution in [2.45, 2.75) is 43.8 Å². The van der Waals surface area contributed by atoms with E-state index in [0.717, 1.165) is 6.33 Å². The molecule has 3 N–H and O–H groups in total. The second-order valence-corrected chi connectivity index (χ2v) is 7.65. The highest BCUT2D eigenvalue weighted by Crippen LogP contribution is 2.34.